The molecular formula is C22H22ClFN6. The Labute approximate surface area is 178 Å². The van der Waals surface area contributed by atoms with Crippen LogP contribution in [0.4, 0.5) is 10.1 Å². The largest absolute Gasteiger partial charge is 0.369 e. The summed E-state index contributed by atoms with van der Waals surface area (Å²) in [7, 11) is 0. The lowest BCUT2D eigenvalue weighted by atomic mass is 9.91. The fraction of sp³-hybridized carbons (Fsp3) is 0.364. The molecule has 4 aromatic rings. The number of pyridine rings is 1. The molecule has 154 valence electrons. The Morgan fingerprint density at radius 3 is 2.90 bits per heavy atom. The van der Waals surface area contributed by atoms with Crippen LogP contribution in [0.25, 0.3) is 22.1 Å². The fourth-order valence-electron chi connectivity index (χ4n) is 4.36. The third-order valence-electron chi connectivity index (χ3n) is 5.92. The first-order valence-corrected chi connectivity index (χ1v) is 10.6. The average molecular weight is 425 g/mol. The van der Waals surface area contributed by atoms with Crippen LogP contribution >= 0.6 is 11.6 Å². The number of H-pyrrole nitrogens is 1. The number of nitrogens with one attached hydrogen (secondary N) is 1. The molecule has 1 unspecified atom stereocenters. The van der Waals surface area contributed by atoms with Crippen LogP contribution in [0.1, 0.15) is 36.9 Å². The van der Waals surface area contributed by atoms with E-state index in [-0.39, 0.29) is 5.92 Å². The van der Waals surface area contributed by atoms with Crippen molar-refractivity contribution in [1.82, 2.24) is 24.9 Å². The molecule has 0 radical (unpaired) electrons. The highest BCUT2D eigenvalue weighted by molar-refractivity contribution is 6.36. The van der Waals surface area contributed by atoms with Crippen molar-refractivity contribution in [2.45, 2.75) is 38.3 Å². The second kappa shape index (κ2) is 7.80. The second-order valence-corrected chi connectivity index (χ2v) is 8.29. The Bertz CT molecular complexity index is 1200. The SMILES string of the molecule is CC(Cc1ncnc2nc[nH]c12)c1cc(Cl)c2cccnc2c1N1CCC(F)CC1. The first kappa shape index (κ1) is 19.2. The average Bonchev–Trinajstić information content (AvgIpc) is 3.24. The van der Waals surface area contributed by atoms with Gasteiger partial charge in [-0.3, -0.25) is 4.98 Å². The van der Waals surface area contributed by atoms with Gasteiger partial charge in [-0.1, -0.05) is 18.5 Å². The zero-order chi connectivity index (χ0) is 20.7. The van der Waals surface area contributed by atoms with E-state index >= 15 is 0 Å². The van der Waals surface area contributed by atoms with E-state index in [1.807, 2.05) is 18.2 Å². The van der Waals surface area contributed by atoms with Gasteiger partial charge in [-0.05, 0) is 48.9 Å². The van der Waals surface area contributed by atoms with Gasteiger partial charge < -0.3 is 9.88 Å². The minimum absolute atomic E-state index is 0.119. The van der Waals surface area contributed by atoms with Gasteiger partial charge in [0.15, 0.2) is 5.65 Å². The summed E-state index contributed by atoms with van der Waals surface area (Å²) in [5.41, 5.74) is 5.47. The molecule has 1 N–H and O–H groups in total. The van der Waals surface area contributed by atoms with Crippen molar-refractivity contribution in [3.8, 4) is 0 Å². The third kappa shape index (κ3) is 3.37. The molecule has 0 amide bonds. The van der Waals surface area contributed by atoms with Gasteiger partial charge in [0.25, 0.3) is 0 Å². The van der Waals surface area contributed by atoms with Crippen LogP contribution in [-0.2, 0) is 6.42 Å². The van der Waals surface area contributed by atoms with Crippen LogP contribution in [0.3, 0.4) is 0 Å². The summed E-state index contributed by atoms with van der Waals surface area (Å²) >= 11 is 6.66. The van der Waals surface area contributed by atoms with Crippen molar-refractivity contribution >= 4 is 39.4 Å². The highest BCUT2D eigenvalue weighted by atomic mass is 35.5. The van der Waals surface area contributed by atoms with Crippen molar-refractivity contribution in [2.24, 2.45) is 0 Å². The Hall–Kier alpha value is -2.80. The zero-order valence-corrected chi connectivity index (χ0v) is 17.4. The smallest absolute Gasteiger partial charge is 0.180 e. The highest BCUT2D eigenvalue weighted by Crippen LogP contribution is 2.40. The predicted molar refractivity (Wildman–Crippen MR) is 117 cm³/mol. The first-order chi connectivity index (χ1) is 14.6. The molecule has 5 rings (SSSR count). The summed E-state index contributed by atoms with van der Waals surface area (Å²) in [4.78, 5) is 23.0. The number of aromatic nitrogens is 5. The monoisotopic (exact) mass is 424 g/mol. The number of hydrogen-bond acceptors (Lipinski definition) is 5. The molecule has 3 aromatic heterocycles. The predicted octanol–water partition coefficient (Wildman–Crippen LogP) is 4.84. The Kier molecular flexibility index (Phi) is 4.98. The molecule has 1 aliphatic rings. The van der Waals surface area contributed by atoms with Gasteiger partial charge >= 0.3 is 0 Å². The maximum absolute atomic E-state index is 13.8. The van der Waals surface area contributed by atoms with E-state index in [4.69, 9.17) is 11.6 Å². The Balaban J connectivity index is 1.60. The van der Waals surface area contributed by atoms with Crippen molar-refractivity contribution in [2.75, 3.05) is 18.0 Å². The number of nitrogens with zero attached hydrogens (tertiary/aromatic N) is 5. The van der Waals surface area contributed by atoms with Crippen LogP contribution in [0.15, 0.2) is 37.1 Å². The van der Waals surface area contributed by atoms with Gasteiger partial charge in [-0.15, -0.1) is 0 Å². The zero-order valence-electron chi connectivity index (χ0n) is 16.6. The van der Waals surface area contributed by atoms with E-state index in [2.05, 4.69) is 36.7 Å². The van der Waals surface area contributed by atoms with Gasteiger partial charge in [0.1, 0.15) is 18.0 Å². The number of fused-ring (bicyclic) bond motifs is 2. The molecule has 8 heteroatoms. The molecule has 30 heavy (non-hydrogen) atoms. The number of rotatable bonds is 4. The number of halogens is 2. The van der Waals surface area contributed by atoms with E-state index in [0.29, 0.717) is 43.0 Å². The van der Waals surface area contributed by atoms with Gasteiger partial charge in [0, 0.05) is 24.7 Å². The van der Waals surface area contributed by atoms with E-state index in [9.17, 15) is 4.39 Å². The number of aromatic amines is 1. The van der Waals surface area contributed by atoms with E-state index in [0.717, 1.165) is 33.4 Å². The lowest BCUT2D eigenvalue weighted by Crippen LogP contribution is -2.35. The molecule has 0 bridgehead atoms. The van der Waals surface area contributed by atoms with Crippen LogP contribution in [0, 0.1) is 0 Å². The van der Waals surface area contributed by atoms with Gasteiger partial charge in [0.05, 0.1) is 28.2 Å². The first-order valence-electron chi connectivity index (χ1n) is 10.2. The lowest BCUT2D eigenvalue weighted by molar-refractivity contribution is 0.277. The molecule has 6 nitrogen and oxygen atoms in total. The summed E-state index contributed by atoms with van der Waals surface area (Å²) in [6.45, 7) is 3.51. The normalized spacial score (nSPS) is 16.4. The van der Waals surface area contributed by atoms with E-state index in [1.165, 1.54) is 0 Å². The molecule has 0 aliphatic carbocycles. The number of alkyl halides is 1. The van der Waals surface area contributed by atoms with Gasteiger partial charge in [-0.25, -0.2) is 19.3 Å². The van der Waals surface area contributed by atoms with Gasteiger partial charge in [0.2, 0.25) is 0 Å². The highest BCUT2D eigenvalue weighted by Gasteiger charge is 2.26. The van der Waals surface area contributed by atoms with Crippen molar-refractivity contribution < 1.29 is 4.39 Å². The molecule has 0 spiro atoms. The summed E-state index contributed by atoms with van der Waals surface area (Å²) in [6, 6.07) is 5.92. The lowest BCUT2D eigenvalue weighted by Gasteiger charge is -2.34. The molecule has 1 aliphatic heterocycles. The van der Waals surface area contributed by atoms with Gasteiger partial charge in [-0.2, -0.15) is 0 Å². The fourth-order valence-corrected chi connectivity index (χ4v) is 4.63. The van der Waals surface area contributed by atoms with Crippen LogP contribution in [-0.4, -0.2) is 44.2 Å². The maximum Gasteiger partial charge on any atom is 0.180 e. The second-order valence-electron chi connectivity index (χ2n) is 7.88. The number of benzene rings is 1. The molecule has 1 aromatic carbocycles. The molecule has 0 saturated carbocycles. The summed E-state index contributed by atoms with van der Waals surface area (Å²) < 4.78 is 13.8. The molecule has 4 heterocycles. The topological polar surface area (TPSA) is 70.6 Å². The van der Waals surface area contributed by atoms with Crippen molar-refractivity contribution in [3.05, 3.63) is 53.3 Å². The molecule has 1 saturated heterocycles. The van der Waals surface area contributed by atoms with Crippen molar-refractivity contribution in [3.63, 3.8) is 0 Å². The number of anilines is 1. The summed E-state index contributed by atoms with van der Waals surface area (Å²) in [5.74, 6) is 0.119. The maximum atomic E-state index is 13.8. The quantitative estimate of drug-likeness (QED) is 0.507. The van der Waals surface area contributed by atoms with E-state index < -0.39 is 6.17 Å². The van der Waals surface area contributed by atoms with E-state index in [1.54, 1.807) is 18.9 Å². The number of hydrogen-bond donors (Lipinski definition) is 1. The molecule has 1 fully saturated rings. The Morgan fingerprint density at radius 2 is 2.07 bits per heavy atom. The minimum Gasteiger partial charge on any atom is -0.369 e. The molecule has 1 atom stereocenters. The van der Waals surface area contributed by atoms with Crippen LogP contribution in [0.2, 0.25) is 5.02 Å². The number of imidazole rings is 1. The third-order valence-corrected chi connectivity index (χ3v) is 6.23. The number of piperidine rings is 1. The minimum atomic E-state index is -0.733. The standard InChI is InChI=1S/C22H22ClFN6/c1-13(9-18-20-22(28-11-26-18)29-12-27-20)16-10-17(23)15-3-2-6-25-19(15)21(16)30-7-4-14(24)5-8-30/h2-3,6,10-14H,4-5,7-9H2,1H3,(H,26,27,28,29). The molecular weight excluding hydrogens is 403 g/mol. The summed E-state index contributed by atoms with van der Waals surface area (Å²) in [5, 5.41) is 1.60. The summed E-state index contributed by atoms with van der Waals surface area (Å²) in [6.07, 6.45) is 6.00. The van der Waals surface area contributed by atoms with Crippen molar-refractivity contribution in [1.29, 1.82) is 0 Å². The van der Waals surface area contributed by atoms with Crippen LogP contribution in [0.5, 0.6) is 0 Å². The Morgan fingerprint density at radius 1 is 1.23 bits per heavy atom. The van der Waals surface area contributed by atoms with Crippen LogP contribution < -0.4 is 4.90 Å².